The van der Waals surface area contributed by atoms with E-state index < -0.39 is 6.10 Å². The lowest BCUT2D eigenvalue weighted by atomic mass is 9.91. The molecule has 4 aromatic carbocycles. The molecule has 0 aliphatic rings. The van der Waals surface area contributed by atoms with Crippen LogP contribution >= 0.6 is 0 Å². The maximum absolute atomic E-state index is 13.3. The molecule has 0 radical (unpaired) electrons. The first-order chi connectivity index (χ1) is 18.8. The Balaban J connectivity index is 1.53. The molecule has 0 aliphatic carbocycles. The third-order valence-corrected chi connectivity index (χ3v) is 6.96. The zero-order valence-electron chi connectivity index (χ0n) is 24.6. The van der Waals surface area contributed by atoms with E-state index in [1.54, 1.807) is 0 Å². The number of hydrogen-bond acceptors (Lipinski definition) is 3. The standard InChI is InChI=1S/C35H42N2O3/c1-34(2,3)36-32(39)30-25(17-15-23-11-7-9-13-28(23)30)19-21-27(38)22-20-26-18-16-24-12-8-10-14-29(24)31(26)33(40)37-35(4,5)6/h7-18,27,38H,19-22H2,1-6H3,(H,36,39)(H,37,40). The van der Waals surface area contributed by atoms with Crippen LogP contribution in [0.1, 0.15) is 86.2 Å². The number of nitrogens with one attached hydrogen (secondary N) is 2. The number of carbonyl (C=O) groups is 2. The normalized spacial score (nSPS) is 12.2. The number of aryl methyl sites for hydroxylation is 2. The second-order valence-electron chi connectivity index (χ2n) is 12.8. The number of carbonyl (C=O) groups excluding carboxylic acids is 2. The summed E-state index contributed by atoms with van der Waals surface area (Å²) >= 11 is 0. The second kappa shape index (κ2) is 11.8. The lowest BCUT2D eigenvalue weighted by molar-refractivity contribution is 0.0911. The molecule has 0 atom stereocenters. The molecule has 0 aromatic heterocycles. The van der Waals surface area contributed by atoms with Gasteiger partial charge in [0, 0.05) is 11.1 Å². The van der Waals surface area contributed by atoms with E-state index in [-0.39, 0.29) is 22.9 Å². The summed E-state index contributed by atoms with van der Waals surface area (Å²) in [4.78, 5) is 26.7. The van der Waals surface area contributed by atoms with Crippen LogP contribution in [0, 0.1) is 0 Å². The Morgan fingerprint density at radius 1 is 0.625 bits per heavy atom. The first-order valence-corrected chi connectivity index (χ1v) is 14.2. The summed E-state index contributed by atoms with van der Waals surface area (Å²) in [6, 6.07) is 23.9. The molecular formula is C35H42N2O3. The van der Waals surface area contributed by atoms with Gasteiger partial charge < -0.3 is 15.7 Å². The minimum absolute atomic E-state index is 0.0977. The Labute approximate surface area is 238 Å². The third kappa shape index (κ3) is 7.28. The maximum Gasteiger partial charge on any atom is 0.252 e. The highest BCUT2D eigenvalue weighted by Gasteiger charge is 2.23. The Morgan fingerprint density at radius 3 is 1.38 bits per heavy atom. The lowest BCUT2D eigenvalue weighted by Crippen LogP contribution is -2.41. The summed E-state index contributed by atoms with van der Waals surface area (Å²) in [6.07, 6.45) is 1.62. The van der Waals surface area contributed by atoms with Crippen LogP contribution < -0.4 is 10.6 Å². The number of amides is 2. The topological polar surface area (TPSA) is 78.4 Å². The maximum atomic E-state index is 13.3. The Bertz CT molecular complexity index is 1410. The van der Waals surface area contributed by atoms with Crippen LogP contribution in [0.3, 0.4) is 0 Å². The third-order valence-electron chi connectivity index (χ3n) is 6.96. The van der Waals surface area contributed by atoms with Gasteiger partial charge in [-0.1, -0.05) is 72.8 Å². The number of rotatable bonds is 8. The fourth-order valence-corrected chi connectivity index (χ4v) is 5.18. The van der Waals surface area contributed by atoms with Crippen LogP contribution in [-0.2, 0) is 12.8 Å². The molecule has 2 amide bonds. The number of aliphatic hydroxyl groups excluding tert-OH is 1. The van der Waals surface area contributed by atoms with Crippen LogP contribution in [0.25, 0.3) is 21.5 Å². The van der Waals surface area contributed by atoms with E-state index in [2.05, 4.69) is 10.6 Å². The highest BCUT2D eigenvalue weighted by molar-refractivity contribution is 6.09. The Morgan fingerprint density at radius 2 is 1.00 bits per heavy atom. The molecule has 0 bridgehead atoms. The molecule has 5 heteroatoms. The van der Waals surface area contributed by atoms with Gasteiger partial charge in [0.2, 0.25) is 0 Å². The van der Waals surface area contributed by atoms with E-state index in [9.17, 15) is 14.7 Å². The van der Waals surface area contributed by atoms with Gasteiger partial charge in [0.1, 0.15) is 0 Å². The van der Waals surface area contributed by atoms with Gasteiger partial charge in [-0.25, -0.2) is 0 Å². The van der Waals surface area contributed by atoms with E-state index in [1.165, 1.54) is 0 Å². The molecule has 4 aromatic rings. The zero-order valence-corrected chi connectivity index (χ0v) is 24.6. The summed E-state index contributed by atoms with van der Waals surface area (Å²) in [5.74, 6) is -0.195. The number of aliphatic hydroxyl groups is 1. The first-order valence-electron chi connectivity index (χ1n) is 14.2. The van der Waals surface area contributed by atoms with E-state index >= 15 is 0 Å². The monoisotopic (exact) mass is 538 g/mol. The summed E-state index contributed by atoms with van der Waals surface area (Å²) in [5.41, 5.74) is 2.49. The molecule has 0 spiro atoms. The molecule has 0 saturated carbocycles. The van der Waals surface area contributed by atoms with E-state index in [1.807, 2.05) is 114 Å². The van der Waals surface area contributed by atoms with Gasteiger partial charge in [0.25, 0.3) is 11.8 Å². The highest BCUT2D eigenvalue weighted by atomic mass is 16.3. The van der Waals surface area contributed by atoms with Crippen molar-refractivity contribution in [2.75, 3.05) is 0 Å². The molecule has 0 fully saturated rings. The Hall–Kier alpha value is -3.70. The molecule has 0 heterocycles. The second-order valence-corrected chi connectivity index (χ2v) is 12.8. The molecule has 210 valence electrons. The average molecular weight is 539 g/mol. The van der Waals surface area contributed by atoms with Crippen molar-refractivity contribution in [3.63, 3.8) is 0 Å². The molecule has 0 saturated heterocycles. The molecule has 4 rings (SSSR count). The summed E-state index contributed by atoms with van der Waals surface area (Å²) in [7, 11) is 0. The zero-order chi connectivity index (χ0) is 29.1. The van der Waals surface area contributed by atoms with Crippen molar-refractivity contribution in [2.24, 2.45) is 0 Å². The van der Waals surface area contributed by atoms with E-state index in [0.717, 1.165) is 32.7 Å². The van der Waals surface area contributed by atoms with E-state index in [4.69, 9.17) is 0 Å². The largest absolute Gasteiger partial charge is 0.393 e. The average Bonchev–Trinajstić information content (AvgIpc) is 2.87. The van der Waals surface area contributed by atoms with Crippen molar-refractivity contribution in [3.8, 4) is 0 Å². The number of hydrogen-bond donors (Lipinski definition) is 3. The quantitative estimate of drug-likeness (QED) is 0.227. The predicted octanol–water partition coefficient (Wildman–Crippen LogP) is 6.98. The van der Waals surface area contributed by atoms with Crippen LogP contribution in [0.4, 0.5) is 0 Å². The first kappa shape index (κ1) is 29.3. The van der Waals surface area contributed by atoms with Gasteiger partial charge in [-0.3, -0.25) is 9.59 Å². The van der Waals surface area contributed by atoms with Crippen LogP contribution in [0.2, 0.25) is 0 Å². The van der Waals surface area contributed by atoms with Crippen molar-refractivity contribution in [1.29, 1.82) is 0 Å². The molecule has 0 aliphatic heterocycles. The van der Waals surface area contributed by atoms with Crippen molar-refractivity contribution in [1.82, 2.24) is 10.6 Å². The summed E-state index contributed by atoms with van der Waals surface area (Å²) in [6.45, 7) is 11.8. The van der Waals surface area contributed by atoms with Crippen molar-refractivity contribution < 1.29 is 14.7 Å². The minimum atomic E-state index is -0.574. The van der Waals surface area contributed by atoms with Gasteiger partial charge in [0.05, 0.1) is 17.2 Å². The van der Waals surface area contributed by atoms with Crippen molar-refractivity contribution in [3.05, 3.63) is 95.1 Å². The fraction of sp³-hybridized carbons (Fsp3) is 0.371. The molecule has 3 N–H and O–H groups in total. The molecule has 5 nitrogen and oxygen atoms in total. The molecular weight excluding hydrogens is 496 g/mol. The van der Waals surface area contributed by atoms with Crippen LogP contribution in [0.5, 0.6) is 0 Å². The van der Waals surface area contributed by atoms with Crippen LogP contribution in [0.15, 0.2) is 72.8 Å². The van der Waals surface area contributed by atoms with Gasteiger partial charge >= 0.3 is 0 Å². The summed E-state index contributed by atoms with van der Waals surface area (Å²) in [5, 5.41) is 21.1. The van der Waals surface area contributed by atoms with E-state index in [0.29, 0.717) is 36.8 Å². The molecule has 0 unspecified atom stereocenters. The van der Waals surface area contributed by atoms with Crippen molar-refractivity contribution in [2.45, 2.75) is 84.4 Å². The smallest absolute Gasteiger partial charge is 0.252 e. The molecule has 40 heavy (non-hydrogen) atoms. The minimum Gasteiger partial charge on any atom is -0.393 e. The van der Waals surface area contributed by atoms with Gasteiger partial charge in [-0.05, 0) is 99.9 Å². The predicted molar refractivity (Wildman–Crippen MR) is 165 cm³/mol. The van der Waals surface area contributed by atoms with Gasteiger partial charge in [0.15, 0.2) is 0 Å². The SMILES string of the molecule is CC(C)(C)NC(=O)c1c(CCC(O)CCc2ccc3ccccc3c2C(=O)NC(C)(C)C)ccc2ccccc12. The number of fused-ring (bicyclic) bond motifs is 2. The van der Waals surface area contributed by atoms with Gasteiger partial charge in [-0.15, -0.1) is 0 Å². The fourth-order valence-electron chi connectivity index (χ4n) is 5.18. The van der Waals surface area contributed by atoms with Crippen molar-refractivity contribution >= 4 is 33.4 Å². The van der Waals surface area contributed by atoms with Gasteiger partial charge in [-0.2, -0.15) is 0 Å². The number of benzene rings is 4. The highest BCUT2D eigenvalue weighted by Crippen LogP contribution is 2.27. The Kier molecular flexibility index (Phi) is 8.65. The summed E-state index contributed by atoms with van der Waals surface area (Å²) < 4.78 is 0. The lowest BCUT2D eigenvalue weighted by Gasteiger charge is -2.23. The van der Waals surface area contributed by atoms with Crippen LogP contribution in [-0.4, -0.2) is 34.1 Å².